The molecule has 2 fully saturated rings. The predicted octanol–water partition coefficient (Wildman–Crippen LogP) is 8.11. The summed E-state index contributed by atoms with van der Waals surface area (Å²) < 4.78 is 0. The molecule has 0 atom stereocenters. The lowest BCUT2D eigenvalue weighted by Gasteiger charge is -2.30. The standard InChI is InChI=1S/C25H46O/c1-3-5-7-9-21-11-15-23(16-12-21)19-25(26)20-24-17-13-22(14-18-24)10-8-6-4-2/h21-24H,3-20H2,1-2H3. The van der Waals surface area contributed by atoms with Crippen molar-refractivity contribution < 1.29 is 4.79 Å². The Morgan fingerprint density at radius 3 is 1.27 bits per heavy atom. The summed E-state index contributed by atoms with van der Waals surface area (Å²) >= 11 is 0. The van der Waals surface area contributed by atoms with E-state index in [2.05, 4.69) is 13.8 Å². The van der Waals surface area contributed by atoms with Gasteiger partial charge in [0, 0.05) is 12.8 Å². The molecule has 152 valence electrons. The average Bonchev–Trinajstić information content (AvgIpc) is 2.65. The molecule has 26 heavy (non-hydrogen) atoms. The van der Waals surface area contributed by atoms with Gasteiger partial charge in [-0.2, -0.15) is 0 Å². The van der Waals surface area contributed by atoms with Gasteiger partial charge < -0.3 is 0 Å². The molecule has 2 aliphatic carbocycles. The number of carbonyl (C=O) groups excluding carboxylic acids is 1. The molecule has 0 heterocycles. The minimum atomic E-state index is 0.592. The molecule has 0 radical (unpaired) electrons. The smallest absolute Gasteiger partial charge is 0.133 e. The summed E-state index contributed by atoms with van der Waals surface area (Å²) in [5, 5.41) is 0. The van der Waals surface area contributed by atoms with Crippen molar-refractivity contribution in [2.75, 3.05) is 0 Å². The lowest BCUT2D eigenvalue weighted by Crippen LogP contribution is -2.21. The molecule has 0 aromatic carbocycles. The molecule has 0 saturated heterocycles. The molecule has 1 nitrogen and oxygen atoms in total. The topological polar surface area (TPSA) is 17.1 Å². The first kappa shape index (κ1) is 22.0. The van der Waals surface area contributed by atoms with Gasteiger partial charge in [-0.1, -0.05) is 90.9 Å². The number of unbranched alkanes of at least 4 members (excludes halogenated alkanes) is 4. The van der Waals surface area contributed by atoms with E-state index in [1.165, 1.54) is 103 Å². The van der Waals surface area contributed by atoms with E-state index in [4.69, 9.17) is 0 Å². The molecule has 1 heteroatoms. The third-order valence-corrected chi connectivity index (χ3v) is 7.40. The normalized spacial score (nSPS) is 29.6. The van der Waals surface area contributed by atoms with Gasteiger partial charge in [0.05, 0.1) is 0 Å². The van der Waals surface area contributed by atoms with Crippen LogP contribution < -0.4 is 0 Å². The van der Waals surface area contributed by atoms with E-state index >= 15 is 0 Å². The van der Waals surface area contributed by atoms with Gasteiger partial charge in [0.1, 0.15) is 5.78 Å². The van der Waals surface area contributed by atoms with Crippen molar-refractivity contribution in [2.45, 2.75) is 129 Å². The summed E-state index contributed by atoms with van der Waals surface area (Å²) in [6.07, 6.45) is 23.9. The third-order valence-electron chi connectivity index (χ3n) is 7.40. The zero-order valence-corrected chi connectivity index (χ0v) is 17.9. The van der Waals surface area contributed by atoms with E-state index in [1.54, 1.807) is 0 Å². The Hall–Kier alpha value is -0.330. The van der Waals surface area contributed by atoms with E-state index in [0.29, 0.717) is 5.78 Å². The summed E-state index contributed by atoms with van der Waals surface area (Å²) in [7, 11) is 0. The number of hydrogen-bond donors (Lipinski definition) is 0. The Morgan fingerprint density at radius 1 is 0.577 bits per heavy atom. The van der Waals surface area contributed by atoms with Gasteiger partial charge in [-0.3, -0.25) is 4.79 Å². The molecular weight excluding hydrogens is 316 g/mol. The number of rotatable bonds is 12. The first-order valence-electron chi connectivity index (χ1n) is 12.2. The summed E-state index contributed by atoms with van der Waals surface area (Å²) in [6, 6.07) is 0. The van der Waals surface area contributed by atoms with Crippen molar-refractivity contribution in [3.63, 3.8) is 0 Å². The van der Waals surface area contributed by atoms with Crippen LogP contribution in [0.5, 0.6) is 0 Å². The van der Waals surface area contributed by atoms with Crippen molar-refractivity contribution in [3.05, 3.63) is 0 Å². The van der Waals surface area contributed by atoms with Crippen molar-refractivity contribution in [1.29, 1.82) is 0 Å². The molecule has 0 amide bonds. The van der Waals surface area contributed by atoms with Gasteiger partial charge in [-0.15, -0.1) is 0 Å². The number of carbonyl (C=O) groups is 1. The largest absolute Gasteiger partial charge is 0.300 e. The van der Waals surface area contributed by atoms with E-state index in [1.807, 2.05) is 0 Å². The number of ketones is 1. The van der Waals surface area contributed by atoms with Gasteiger partial charge in [0.15, 0.2) is 0 Å². The van der Waals surface area contributed by atoms with Crippen LogP contribution in [0.3, 0.4) is 0 Å². The minimum absolute atomic E-state index is 0.592. The maximum Gasteiger partial charge on any atom is 0.133 e. The van der Waals surface area contributed by atoms with Gasteiger partial charge >= 0.3 is 0 Å². The van der Waals surface area contributed by atoms with Crippen LogP contribution in [0.15, 0.2) is 0 Å². The highest BCUT2D eigenvalue weighted by Gasteiger charge is 2.26. The highest BCUT2D eigenvalue weighted by atomic mass is 16.1. The van der Waals surface area contributed by atoms with Crippen LogP contribution in [0.1, 0.15) is 129 Å². The maximum atomic E-state index is 12.6. The van der Waals surface area contributed by atoms with Crippen LogP contribution in [0, 0.1) is 23.7 Å². The molecule has 0 aromatic rings. The monoisotopic (exact) mass is 362 g/mol. The van der Waals surface area contributed by atoms with Crippen LogP contribution in [0.4, 0.5) is 0 Å². The minimum Gasteiger partial charge on any atom is -0.300 e. The van der Waals surface area contributed by atoms with Crippen LogP contribution in [0.2, 0.25) is 0 Å². The van der Waals surface area contributed by atoms with Gasteiger partial charge in [0.25, 0.3) is 0 Å². The maximum absolute atomic E-state index is 12.6. The second kappa shape index (κ2) is 12.9. The van der Waals surface area contributed by atoms with E-state index in [0.717, 1.165) is 36.5 Å². The van der Waals surface area contributed by atoms with E-state index in [-0.39, 0.29) is 0 Å². The fraction of sp³-hybridized carbons (Fsp3) is 0.960. The quantitative estimate of drug-likeness (QED) is 0.320. The van der Waals surface area contributed by atoms with Crippen molar-refractivity contribution >= 4 is 5.78 Å². The number of hydrogen-bond acceptors (Lipinski definition) is 1. The predicted molar refractivity (Wildman–Crippen MR) is 113 cm³/mol. The van der Waals surface area contributed by atoms with Crippen molar-refractivity contribution in [1.82, 2.24) is 0 Å². The molecule has 2 rings (SSSR count). The van der Waals surface area contributed by atoms with E-state index < -0.39 is 0 Å². The molecule has 2 aliphatic rings. The third kappa shape index (κ3) is 8.57. The summed E-state index contributed by atoms with van der Waals surface area (Å²) in [5.74, 6) is 3.96. The average molecular weight is 363 g/mol. The first-order valence-corrected chi connectivity index (χ1v) is 12.2. The first-order chi connectivity index (χ1) is 12.7. The molecule has 2 saturated carbocycles. The Morgan fingerprint density at radius 2 is 0.923 bits per heavy atom. The highest BCUT2D eigenvalue weighted by Crippen LogP contribution is 2.36. The van der Waals surface area contributed by atoms with Crippen LogP contribution in [-0.2, 0) is 4.79 Å². The zero-order valence-electron chi connectivity index (χ0n) is 17.9. The Kier molecular flexibility index (Phi) is 10.9. The SMILES string of the molecule is CCCCCC1CCC(CC(=O)CC2CCC(CCCCC)CC2)CC1. The molecule has 0 N–H and O–H groups in total. The molecule has 0 aromatic heterocycles. The fourth-order valence-corrected chi connectivity index (χ4v) is 5.54. The lowest BCUT2D eigenvalue weighted by atomic mass is 9.75. The number of Topliss-reactive ketones (excluding diaryl/α,β-unsaturated/α-hetero) is 1. The zero-order chi connectivity index (χ0) is 18.6. The molecule has 0 spiro atoms. The Balaban J connectivity index is 1.54. The summed E-state index contributed by atoms with van der Waals surface area (Å²) in [4.78, 5) is 12.6. The summed E-state index contributed by atoms with van der Waals surface area (Å²) in [5.41, 5.74) is 0. The Bertz CT molecular complexity index is 324. The second-order valence-electron chi connectivity index (χ2n) is 9.71. The highest BCUT2D eigenvalue weighted by molar-refractivity contribution is 5.78. The Labute approximate surface area is 164 Å². The molecule has 0 aliphatic heterocycles. The van der Waals surface area contributed by atoms with Crippen molar-refractivity contribution in [3.8, 4) is 0 Å². The van der Waals surface area contributed by atoms with Gasteiger partial charge in [-0.25, -0.2) is 0 Å². The lowest BCUT2D eigenvalue weighted by molar-refractivity contribution is -0.121. The van der Waals surface area contributed by atoms with Crippen LogP contribution in [0.25, 0.3) is 0 Å². The van der Waals surface area contributed by atoms with Crippen LogP contribution in [-0.4, -0.2) is 5.78 Å². The molecule has 0 unspecified atom stereocenters. The molecular formula is C25H46O. The second-order valence-corrected chi connectivity index (χ2v) is 9.71. The van der Waals surface area contributed by atoms with Gasteiger partial charge in [-0.05, 0) is 49.4 Å². The molecule has 0 bridgehead atoms. The fourth-order valence-electron chi connectivity index (χ4n) is 5.54. The summed E-state index contributed by atoms with van der Waals surface area (Å²) in [6.45, 7) is 4.59. The van der Waals surface area contributed by atoms with Gasteiger partial charge in [0.2, 0.25) is 0 Å². The van der Waals surface area contributed by atoms with E-state index in [9.17, 15) is 4.79 Å². The van der Waals surface area contributed by atoms with Crippen molar-refractivity contribution in [2.24, 2.45) is 23.7 Å². The van der Waals surface area contributed by atoms with Crippen LogP contribution >= 0.6 is 0 Å².